The number of rotatable bonds is 19. The summed E-state index contributed by atoms with van der Waals surface area (Å²) in [6.07, 6.45) is 26.6. The van der Waals surface area contributed by atoms with Crippen LogP contribution in [0.25, 0.3) is 0 Å². The molecular weight excluding hydrogens is 332 g/mol. The van der Waals surface area contributed by atoms with Gasteiger partial charge in [-0.15, -0.1) is 0 Å². The Kier molecular flexibility index (Phi) is 20.0. The van der Waals surface area contributed by atoms with Gasteiger partial charge >= 0.3 is 5.97 Å². The van der Waals surface area contributed by atoms with E-state index in [0.29, 0.717) is 13.0 Å². The first-order valence-corrected chi connectivity index (χ1v) is 11.3. The average molecular weight is 377 g/mol. The Balaban J connectivity index is 3.26. The number of allylic oxidation sites excluding steroid dienone is 4. The average Bonchev–Trinajstić information content (AvgIpc) is 2.64. The van der Waals surface area contributed by atoms with E-state index in [9.17, 15) is 4.79 Å². The van der Waals surface area contributed by atoms with Crippen molar-refractivity contribution in [3.05, 3.63) is 36.5 Å². The van der Waals surface area contributed by atoms with E-state index >= 15 is 0 Å². The van der Waals surface area contributed by atoms with Crippen LogP contribution in [-0.2, 0) is 9.53 Å². The van der Waals surface area contributed by atoms with E-state index in [1.165, 1.54) is 70.6 Å². The van der Waals surface area contributed by atoms with Gasteiger partial charge in [0.2, 0.25) is 0 Å². The third kappa shape index (κ3) is 22.6. The van der Waals surface area contributed by atoms with Gasteiger partial charge in [0.15, 0.2) is 0 Å². The molecule has 2 nitrogen and oxygen atoms in total. The summed E-state index contributed by atoms with van der Waals surface area (Å²) in [5, 5.41) is 0. The first-order valence-electron chi connectivity index (χ1n) is 11.3. The lowest BCUT2D eigenvalue weighted by molar-refractivity contribution is -0.143. The standard InChI is InChI=1S/C25H44O2/c1-4-5-6-7-8-9-10-11-12-13-14-15-16-17-18-22-25(26)27-23-20-19-21-24(2)3/h11-12,19,21H,2,4-10,13-18,20,22-23H2,1,3H3/b12-11-,21-19+. The highest BCUT2D eigenvalue weighted by Crippen LogP contribution is 2.10. The zero-order valence-corrected chi connectivity index (χ0v) is 18.1. The van der Waals surface area contributed by atoms with Crippen molar-refractivity contribution in [1.29, 1.82) is 0 Å². The minimum Gasteiger partial charge on any atom is -0.465 e. The van der Waals surface area contributed by atoms with E-state index in [0.717, 1.165) is 24.8 Å². The van der Waals surface area contributed by atoms with E-state index in [1.54, 1.807) is 0 Å². The van der Waals surface area contributed by atoms with Gasteiger partial charge in [-0.3, -0.25) is 4.79 Å². The quantitative estimate of drug-likeness (QED) is 0.0985. The molecule has 0 heterocycles. The zero-order valence-electron chi connectivity index (χ0n) is 18.1. The van der Waals surface area contributed by atoms with Gasteiger partial charge in [0.05, 0.1) is 6.61 Å². The van der Waals surface area contributed by atoms with Crippen molar-refractivity contribution in [2.75, 3.05) is 6.61 Å². The van der Waals surface area contributed by atoms with Crippen LogP contribution in [0.5, 0.6) is 0 Å². The molecule has 0 aliphatic carbocycles. The lowest BCUT2D eigenvalue weighted by Gasteiger charge is -2.03. The number of esters is 1. The van der Waals surface area contributed by atoms with Gasteiger partial charge in [-0.2, -0.15) is 0 Å². The summed E-state index contributed by atoms with van der Waals surface area (Å²) >= 11 is 0. The highest BCUT2D eigenvalue weighted by Gasteiger charge is 2.01. The monoisotopic (exact) mass is 376 g/mol. The van der Waals surface area contributed by atoms with Crippen LogP contribution < -0.4 is 0 Å². The van der Waals surface area contributed by atoms with Crippen molar-refractivity contribution in [2.24, 2.45) is 0 Å². The summed E-state index contributed by atoms with van der Waals surface area (Å²) in [7, 11) is 0. The molecule has 0 bridgehead atoms. The molecule has 0 saturated heterocycles. The van der Waals surface area contributed by atoms with E-state index < -0.39 is 0 Å². The number of hydrogen-bond donors (Lipinski definition) is 0. The van der Waals surface area contributed by atoms with Crippen LogP contribution in [0, 0.1) is 0 Å². The van der Waals surface area contributed by atoms with Gasteiger partial charge in [-0.05, 0) is 45.4 Å². The second kappa shape index (κ2) is 21.0. The van der Waals surface area contributed by atoms with Crippen LogP contribution >= 0.6 is 0 Å². The van der Waals surface area contributed by atoms with Gasteiger partial charge in [0, 0.05) is 6.42 Å². The van der Waals surface area contributed by atoms with E-state index in [4.69, 9.17) is 4.74 Å². The van der Waals surface area contributed by atoms with Gasteiger partial charge < -0.3 is 4.74 Å². The second-order valence-corrected chi connectivity index (χ2v) is 7.59. The van der Waals surface area contributed by atoms with Crippen molar-refractivity contribution >= 4 is 5.97 Å². The predicted octanol–water partition coefficient (Wildman–Crippen LogP) is 8.09. The molecule has 0 saturated carbocycles. The summed E-state index contributed by atoms with van der Waals surface area (Å²) in [4.78, 5) is 11.6. The molecular formula is C25H44O2. The summed E-state index contributed by atoms with van der Waals surface area (Å²) in [6, 6.07) is 0. The molecule has 0 aliphatic heterocycles. The number of carbonyl (C=O) groups is 1. The van der Waals surface area contributed by atoms with Crippen molar-refractivity contribution in [1.82, 2.24) is 0 Å². The van der Waals surface area contributed by atoms with Crippen LogP contribution in [0.1, 0.15) is 110 Å². The molecule has 0 radical (unpaired) electrons. The van der Waals surface area contributed by atoms with E-state index in [2.05, 4.69) is 25.7 Å². The van der Waals surface area contributed by atoms with Crippen LogP contribution in [0.2, 0.25) is 0 Å². The molecule has 0 aromatic heterocycles. The second-order valence-electron chi connectivity index (χ2n) is 7.59. The minimum atomic E-state index is -0.0589. The van der Waals surface area contributed by atoms with E-state index in [1.807, 2.05) is 19.1 Å². The van der Waals surface area contributed by atoms with Crippen molar-refractivity contribution in [3.8, 4) is 0 Å². The Morgan fingerprint density at radius 2 is 1.33 bits per heavy atom. The maximum Gasteiger partial charge on any atom is 0.305 e. The van der Waals surface area contributed by atoms with Crippen molar-refractivity contribution in [3.63, 3.8) is 0 Å². The predicted molar refractivity (Wildman–Crippen MR) is 119 cm³/mol. The summed E-state index contributed by atoms with van der Waals surface area (Å²) in [6.45, 7) is 8.49. The van der Waals surface area contributed by atoms with Gasteiger partial charge in [0.1, 0.15) is 0 Å². The molecule has 0 amide bonds. The summed E-state index contributed by atoms with van der Waals surface area (Å²) < 4.78 is 5.21. The van der Waals surface area contributed by atoms with Crippen molar-refractivity contribution < 1.29 is 9.53 Å². The first kappa shape index (κ1) is 25.7. The minimum absolute atomic E-state index is 0.0589. The molecule has 2 heteroatoms. The maximum atomic E-state index is 11.6. The third-order valence-corrected chi connectivity index (χ3v) is 4.59. The molecule has 0 aromatic rings. The Morgan fingerprint density at radius 3 is 1.93 bits per heavy atom. The summed E-state index contributed by atoms with van der Waals surface area (Å²) in [5.74, 6) is -0.0589. The van der Waals surface area contributed by atoms with Crippen LogP contribution in [0.3, 0.4) is 0 Å². The SMILES string of the molecule is C=C(C)/C=C/CCOC(=O)CCCCCCC/C=C\CCCCCCCC. The Labute approximate surface area is 169 Å². The van der Waals surface area contributed by atoms with Gasteiger partial charge in [-0.1, -0.05) is 94.7 Å². The Bertz CT molecular complexity index is 407. The molecule has 0 N–H and O–H groups in total. The molecule has 0 atom stereocenters. The smallest absolute Gasteiger partial charge is 0.305 e. The largest absolute Gasteiger partial charge is 0.465 e. The number of hydrogen-bond acceptors (Lipinski definition) is 2. The Hall–Kier alpha value is -1.31. The summed E-state index contributed by atoms with van der Waals surface area (Å²) in [5.41, 5.74) is 1.02. The molecule has 27 heavy (non-hydrogen) atoms. The number of ether oxygens (including phenoxy) is 1. The topological polar surface area (TPSA) is 26.3 Å². The van der Waals surface area contributed by atoms with Gasteiger partial charge in [-0.25, -0.2) is 0 Å². The van der Waals surface area contributed by atoms with E-state index in [-0.39, 0.29) is 5.97 Å². The highest BCUT2D eigenvalue weighted by molar-refractivity contribution is 5.69. The fraction of sp³-hybridized carbons (Fsp3) is 0.720. The molecule has 0 spiro atoms. The molecule has 0 aliphatic rings. The van der Waals surface area contributed by atoms with Gasteiger partial charge in [0.25, 0.3) is 0 Å². The van der Waals surface area contributed by atoms with Crippen LogP contribution in [0.4, 0.5) is 0 Å². The molecule has 0 rings (SSSR count). The highest BCUT2D eigenvalue weighted by atomic mass is 16.5. The lowest BCUT2D eigenvalue weighted by atomic mass is 10.1. The third-order valence-electron chi connectivity index (χ3n) is 4.59. The normalized spacial score (nSPS) is 11.5. The van der Waals surface area contributed by atoms with Crippen molar-refractivity contribution in [2.45, 2.75) is 110 Å². The molecule has 0 aromatic carbocycles. The zero-order chi connectivity index (χ0) is 20.0. The number of unbranched alkanes of at least 4 members (excludes halogenated alkanes) is 11. The lowest BCUT2D eigenvalue weighted by Crippen LogP contribution is -2.04. The van der Waals surface area contributed by atoms with Crippen LogP contribution in [0.15, 0.2) is 36.5 Å². The maximum absolute atomic E-state index is 11.6. The molecule has 0 fully saturated rings. The Morgan fingerprint density at radius 1 is 0.778 bits per heavy atom. The fourth-order valence-electron chi connectivity index (χ4n) is 2.94. The molecule has 156 valence electrons. The number of carbonyl (C=O) groups excluding carboxylic acids is 1. The van der Waals surface area contributed by atoms with Crippen LogP contribution in [-0.4, -0.2) is 12.6 Å². The fourth-order valence-corrected chi connectivity index (χ4v) is 2.94. The first-order chi connectivity index (χ1) is 13.2. The molecule has 0 unspecified atom stereocenters.